The van der Waals surface area contributed by atoms with Crippen LogP contribution in [0.15, 0.2) is 47.2 Å². The summed E-state index contributed by atoms with van der Waals surface area (Å²) in [5.41, 5.74) is 2.86. The highest BCUT2D eigenvalue weighted by Gasteiger charge is 2.16. The van der Waals surface area contributed by atoms with E-state index in [1.54, 1.807) is 25.4 Å². The van der Waals surface area contributed by atoms with Gasteiger partial charge in [0, 0.05) is 30.6 Å². The van der Waals surface area contributed by atoms with Crippen LogP contribution in [0.4, 0.5) is 0 Å². The van der Waals surface area contributed by atoms with Crippen LogP contribution in [-0.2, 0) is 17.8 Å². The topological polar surface area (TPSA) is 85.3 Å². The average molecular weight is 378 g/mol. The van der Waals surface area contributed by atoms with Crippen molar-refractivity contribution in [2.24, 2.45) is 0 Å². The summed E-state index contributed by atoms with van der Waals surface area (Å²) in [4.78, 5) is 4.15. The molecule has 3 aromatic rings. The van der Waals surface area contributed by atoms with Crippen molar-refractivity contribution in [3.05, 3.63) is 71.1 Å². The van der Waals surface area contributed by atoms with Gasteiger partial charge in [0.1, 0.15) is 17.6 Å². The van der Waals surface area contributed by atoms with E-state index in [1.807, 2.05) is 16.7 Å². The Morgan fingerprint density at radius 1 is 1.29 bits per heavy atom. The zero-order valence-electron chi connectivity index (χ0n) is 15.6. The lowest BCUT2D eigenvalue weighted by atomic mass is 10.1. The van der Waals surface area contributed by atoms with Gasteiger partial charge in [-0.1, -0.05) is 23.2 Å². The fourth-order valence-electron chi connectivity index (χ4n) is 2.90. The zero-order chi connectivity index (χ0) is 19.3. The van der Waals surface area contributed by atoms with E-state index in [4.69, 9.17) is 9.26 Å². The van der Waals surface area contributed by atoms with Gasteiger partial charge in [-0.15, -0.1) is 0 Å². The third-order valence-electron chi connectivity index (χ3n) is 4.53. The van der Waals surface area contributed by atoms with E-state index in [-0.39, 0.29) is 0 Å². The molecule has 1 aromatic carbocycles. The van der Waals surface area contributed by atoms with Gasteiger partial charge in [-0.3, -0.25) is 0 Å². The van der Waals surface area contributed by atoms with Gasteiger partial charge in [-0.25, -0.2) is 4.98 Å². The molecule has 0 radical (unpaired) electrons. The quantitative estimate of drug-likeness (QED) is 0.637. The number of rotatable bonds is 6. The molecule has 1 aliphatic heterocycles. The SMILES string of the molecule is CC(O)c1nccn1Cc1cc(C#Cc2ccc(CNC3COC3)cc2)on1. The number of aromatic nitrogens is 3. The first-order valence-electron chi connectivity index (χ1n) is 9.24. The minimum absolute atomic E-state index is 0.471. The molecule has 1 fully saturated rings. The number of nitrogens with zero attached hydrogens (tertiary/aromatic N) is 3. The first kappa shape index (κ1) is 18.4. The van der Waals surface area contributed by atoms with Crippen molar-refractivity contribution in [2.45, 2.75) is 32.2 Å². The van der Waals surface area contributed by atoms with Crippen LogP contribution in [0.2, 0.25) is 0 Å². The lowest BCUT2D eigenvalue weighted by Crippen LogP contribution is -2.45. The molecule has 0 bridgehead atoms. The fraction of sp³-hybridized carbons (Fsp3) is 0.333. The highest BCUT2D eigenvalue weighted by Crippen LogP contribution is 2.12. The molecular weight excluding hydrogens is 356 g/mol. The molecule has 2 N–H and O–H groups in total. The number of imidazole rings is 1. The predicted molar refractivity (Wildman–Crippen MR) is 102 cm³/mol. The second-order valence-electron chi connectivity index (χ2n) is 6.83. The summed E-state index contributed by atoms with van der Waals surface area (Å²) >= 11 is 0. The van der Waals surface area contributed by atoms with Crippen molar-refractivity contribution in [1.29, 1.82) is 0 Å². The van der Waals surface area contributed by atoms with Crippen molar-refractivity contribution >= 4 is 0 Å². The molecule has 2 aromatic heterocycles. The maximum absolute atomic E-state index is 9.72. The first-order valence-corrected chi connectivity index (χ1v) is 9.24. The van der Waals surface area contributed by atoms with Crippen LogP contribution >= 0.6 is 0 Å². The van der Waals surface area contributed by atoms with Gasteiger partial charge in [0.15, 0.2) is 0 Å². The van der Waals surface area contributed by atoms with Crippen LogP contribution in [0, 0.1) is 11.8 Å². The molecule has 0 amide bonds. The average Bonchev–Trinajstić information content (AvgIpc) is 3.29. The number of ether oxygens (including phenoxy) is 1. The molecular formula is C21H22N4O3. The second-order valence-corrected chi connectivity index (χ2v) is 6.83. The van der Waals surface area contributed by atoms with Crippen molar-refractivity contribution in [3.8, 4) is 11.8 Å². The standard InChI is InChI=1S/C21H22N4O3/c1-15(26)21-22-8-9-25(21)12-18-10-20(28-24-18)7-6-16-2-4-17(5-3-16)11-23-19-13-27-14-19/h2-5,8-10,15,19,23,26H,11-14H2,1H3. The van der Waals surface area contributed by atoms with Gasteiger partial charge in [-0.05, 0) is 30.5 Å². The summed E-state index contributed by atoms with van der Waals surface area (Å²) in [5, 5.41) is 17.2. The molecule has 1 atom stereocenters. The largest absolute Gasteiger partial charge is 0.385 e. The van der Waals surface area contributed by atoms with E-state index in [1.165, 1.54) is 5.56 Å². The molecule has 4 rings (SSSR count). The summed E-state index contributed by atoms with van der Waals surface area (Å²) in [6, 6.07) is 10.4. The van der Waals surface area contributed by atoms with E-state index in [9.17, 15) is 5.11 Å². The Kier molecular flexibility index (Phi) is 5.53. The van der Waals surface area contributed by atoms with Crippen LogP contribution < -0.4 is 5.32 Å². The summed E-state index contributed by atoms with van der Waals surface area (Å²) < 4.78 is 12.3. The molecule has 144 valence electrons. The highest BCUT2D eigenvalue weighted by molar-refractivity contribution is 5.40. The van der Waals surface area contributed by atoms with Crippen molar-refractivity contribution < 1.29 is 14.4 Å². The van der Waals surface area contributed by atoms with Crippen LogP contribution in [0.25, 0.3) is 0 Å². The van der Waals surface area contributed by atoms with E-state index in [2.05, 4.69) is 39.4 Å². The monoisotopic (exact) mass is 378 g/mol. The molecule has 7 heteroatoms. The van der Waals surface area contributed by atoms with Crippen molar-refractivity contribution in [2.75, 3.05) is 13.2 Å². The summed E-state index contributed by atoms with van der Waals surface area (Å²) in [6.45, 7) is 4.57. The summed E-state index contributed by atoms with van der Waals surface area (Å²) in [7, 11) is 0. The summed E-state index contributed by atoms with van der Waals surface area (Å²) in [5.74, 6) is 7.19. The molecule has 28 heavy (non-hydrogen) atoms. The number of hydrogen-bond acceptors (Lipinski definition) is 6. The number of aliphatic hydroxyl groups is 1. The Hall–Kier alpha value is -2.92. The van der Waals surface area contributed by atoms with Gasteiger partial charge in [0.2, 0.25) is 5.76 Å². The number of aliphatic hydroxyl groups excluding tert-OH is 1. The Labute approximate surface area is 163 Å². The first-order chi connectivity index (χ1) is 13.7. The Bertz CT molecular complexity index is 975. The van der Waals surface area contributed by atoms with Gasteiger partial charge >= 0.3 is 0 Å². The van der Waals surface area contributed by atoms with Crippen molar-refractivity contribution in [3.63, 3.8) is 0 Å². The second kappa shape index (κ2) is 8.40. The lowest BCUT2D eigenvalue weighted by molar-refractivity contribution is -0.00578. The van der Waals surface area contributed by atoms with Gasteiger partial charge in [0.05, 0.1) is 25.8 Å². The molecule has 1 aliphatic rings. The van der Waals surface area contributed by atoms with E-state index in [0.29, 0.717) is 24.2 Å². The van der Waals surface area contributed by atoms with Gasteiger partial charge in [-0.2, -0.15) is 0 Å². The van der Waals surface area contributed by atoms with Crippen LogP contribution in [0.3, 0.4) is 0 Å². The number of hydrogen-bond donors (Lipinski definition) is 2. The number of nitrogens with one attached hydrogen (secondary N) is 1. The Morgan fingerprint density at radius 2 is 2.11 bits per heavy atom. The maximum atomic E-state index is 9.72. The van der Waals surface area contributed by atoms with Gasteiger partial charge in [0.25, 0.3) is 0 Å². The molecule has 1 saturated heterocycles. The third kappa shape index (κ3) is 4.49. The minimum Gasteiger partial charge on any atom is -0.385 e. The van der Waals surface area contributed by atoms with Crippen LogP contribution in [-0.4, -0.2) is 39.1 Å². The lowest BCUT2D eigenvalue weighted by Gasteiger charge is -2.26. The molecule has 7 nitrogen and oxygen atoms in total. The van der Waals surface area contributed by atoms with Crippen molar-refractivity contribution in [1.82, 2.24) is 20.0 Å². The smallest absolute Gasteiger partial charge is 0.210 e. The molecule has 0 spiro atoms. The molecule has 3 heterocycles. The van der Waals surface area contributed by atoms with Crippen LogP contribution in [0.1, 0.15) is 41.4 Å². The Morgan fingerprint density at radius 3 is 2.82 bits per heavy atom. The minimum atomic E-state index is -0.638. The number of benzene rings is 1. The third-order valence-corrected chi connectivity index (χ3v) is 4.53. The fourth-order valence-corrected chi connectivity index (χ4v) is 2.90. The molecule has 1 unspecified atom stereocenters. The summed E-state index contributed by atoms with van der Waals surface area (Å²) in [6.07, 6.45) is 2.82. The maximum Gasteiger partial charge on any atom is 0.210 e. The molecule has 0 aliphatic carbocycles. The van der Waals surface area contributed by atoms with Crippen LogP contribution in [0.5, 0.6) is 0 Å². The van der Waals surface area contributed by atoms with E-state index >= 15 is 0 Å². The highest BCUT2D eigenvalue weighted by atomic mass is 16.5. The molecule has 0 saturated carbocycles. The Balaban J connectivity index is 1.36. The van der Waals surface area contributed by atoms with E-state index < -0.39 is 6.10 Å². The zero-order valence-corrected chi connectivity index (χ0v) is 15.6. The predicted octanol–water partition coefficient (Wildman–Crippen LogP) is 1.86. The normalized spacial score (nSPS) is 14.9. The van der Waals surface area contributed by atoms with Gasteiger partial charge < -0.3 is 24.3 Å². The van der Waals surface area contributed by atoms with E-state index in [0.717, 1.165) is 31.0 Å².